The summed E-state index contributed by atoms with van der Waals surface area (Å²) >= 11 is 7.22. The molecular weight excluding hydrogens is 665 g/mol. The van der Waals surface area contributed by atoms with Gasteiger partial charge in [-0.05, 0) is 83.9 Å². The summed E-state index contributed by atoms with van der Waals surface area (Å²) < 4.78 is 24.4. The topological polar surface area (TPSA) is 106 Å². The molecule has 0 saturated carbocycles. The minimum Gasteiger partial charge on any atom is -0.493 e. The van der Waals surface area contributed by atoms with Crippen molar-refractivity contribution in [2.24, 2.45) is 0 Å². The Morgan fingerprint density at radius 1 is 0.755 bits per heavy atom. The third-order valence-corrected chi connectivity index (χ3v) is 8.70. The predicted octanol–water partition coefficient (Wildman–Crippen LogP) is 8.38. The number of thioether (sulfide) groups is 1. The normalized spacial score (nSPS) is 11.6. The first kappa shape index (κ1) is 34.7. The van der Waals surface area contributed by atoms with Gasteiger partial charge in [0.05, 0.1) is 19.2 Å². The molecule has 3 N–H and O–H groups in total. The molecule has 3 amide bonds. The molecule has 49 heavy (non-hydrogen) atoms. The molecule has 0 radical (unpaired) electrons. The minimum absolute atomic E-state index is 0.00114. The van der Waals surface area contributed by atoms with E-state index in [0.29, 0.717) is 34.0 Å². The lowest BCUT2D eigenvalue weighted by molar-refractivity contribution is -0.116. The second-order valence-electron chi connectivity index (χ2n) is 10.5. The van der Waals surface area contributed by atoms with Crippen LogP contribution in [0.15, 0.2) is 132 Å². The smallest absolute Gasteiger partial charge is 0.272 e. The number of rotatable bonds is 12. The molecule has 1 atom stereocenters. The van der Waals surface area contributed by atoms with E-state index >= 15 is 0 Å². The van der Waals surface area contributed by atoms with Gasteiger partial charge in [-0.3, -0.25) is 14.4 Å². The highest BCUT2D eigenvalue weighted by Crippen LogP contribution is 2.37. The van der Waals surface area contributed by atoms with Crippen LogP contribution in [0, 0.1) is 5.82 Å². The minimum atomic E-state index is -0.658. The Morgan fingerprint density at radius 2 is 1.41 bits per heavy atom. The van der Waals surface area contributed by atoms with Crippen molar-refractivity contribution in [2.75, 3.05) is 24.9 Å². The monoisotopic (exact) mass is 695 g/mol. The van der Waals surface area contributed by atoms with E-state index in [0.717, 1.165) is 10.5 Å². The van der Waals surface area contributed by atoms with E-state index < -0.39 is 22.9 Å². The molecule has 5 aromatic carbocycles. The van der Waals surface area contributed by atoms with Crippen LogP contribution in [0.2, 0.25) is 5.02 Å². The summed E-state index contributed by atoms with van der Waals surface area (Å²) in [5.41, 5.74) is 2.57. The van der Waals surface area contributed by atoms with E-state index in [1.165, 1.54) is 44.2 Å². The largest absolute Gasteiger partial charge is 0.493 e. The number of hydrogen-bond acceptors (Lipinski definition) is 6. The lowest BCUT2D eigenvalue weighted by Gasteiger charge is -2.18. The zero-order valence-electron chi connectivity index (χ0n) is 26.4. The third-order valence-electron chi connectivity index (χ3n) is 7.14. The van der Waals surface area contributed by atoms with Crippen molar-refractivity contribution in [1.82, 2.24) is 5.32 Å². The molecule has 0 bridgehead atoms. The number of carbonyl (C=O) groups is 3. The Labute approximate surface area is 292 Å². The highest BCUT2D eigenvalue weighted by Gasteiger charge is 2.23. The Balaban J connectivity index is 1.35. The van der Waals surface area contributed by atoms with Crippen LogP contribution < -0.4 is 25.4 Å². The number of nitrogens with one attached hydrogen (secondary N) is 3. The van der Waals surface area contributed by atoms with Gasteiger partial charge in [0, 0.05) is 21.8 Å². The second kappa shape index (κ2) is 16.5. The maximum absolute atomic E-state index is 13.7. The van der Waals surface area contributed by atoms with Crippen LogP contribution in [0.3, 0.4) is 0 Å². The average molecular weight is 696 g/mol. The molecule has 0 heterocycles. The number of carbonyl (C=O) groups excluding carboxylic acids is 3. The van der Waals surface area contributed by atoms with Crippen molar-refractivity contribution in [3.63, 3.8) is 0 Å². The van der Waals surface area contributed by atoms with Crippen molar-refractivity contribution in [1.29, 1.82) is 0 Å². The SMILES string of the molecule is COc1ccc(/C=C(\NC(=O)c2ccccc2)C(=O)Nc2ccc(SC(C(=O)Nc3ccc(F)c(Cl)c3)c3ccccc3)cc2)cc1OC. The molecule has 0 aliphatic carbocycles. The molecule has 8 nitrogen and oxygen atoms in total. The first-order chi connectivity index (χ1) is 23.7. The quantitative estimate of drug-likeness (QED) is 0.0895. The second-order valence-corrected chi connectivity index (χ2v) is 12.1. The molecule has 0 fully saturated rings. The Bertz CT molecular complexity index is 1980. The van der Waals surface area contributed by atoms with Crippen LogP contribution in [-0.2, 0) is 9.59 Å². The van der Waals surface area contributed by atoms with Gasteiger partial charge in [0.15, 0.2) is 11.5 Å². The Morgan fingerprint density at radius 3 is 2.06 bits per heavy atom. The van der Waals surface area contributed by atoms with Crippen molar-refractivity contribution >= 4 is 58.5 Å². The highest BCUT2D eigenvalue weighted by atomic mass is 35.5. The number of anilines is 2. The van der Waals surface area contributed by atoms with E-state index in [4.69, 9.17) is 21.1 Å². The fourth-order valence-electron chi connectivity index (χ4n) is 4.69. The maximum Gasteiger partial charge on any atom is 0.272 e. The summed E-state index contributed by atoms with van der Waals surface area (Å²) in [7, 11) is 3.03. The van der Waals surface area contributed by atoms with Crippen LogP contribution in [0.25, 0.3) is 6.08 Å². The summed E-state index contributed by atoms with van der Waals surface area (Å²) in [6.45, 7) is 0. The molecule has 0 aromatic heterocycles. The summed E-state index contributed by atoms with van der Waals surface area (Å²) in [5.74, 6) is -0.939. The molecule has 248 valence electrons. The van der Waals surface area contributed by atoms with Gasteiger partial charge in [-0.2, -0.15) is 0 Å². The Hall–Kier alpha value is -5.58. The van der Waals surface area contributed by atoms with E-state index in [1.807, 2.05) is 30.3 Å². The van der Waals surface area contributed by atoms with Gasteiger partial charge in [0.2, 0.25) is 5.91 Å². The number of hydrogen-bond donors (Lipinski definition) is 3. The van der Waals surface area contributed by atoms with Gasteiger partial charge in [0.1, 0.15) is 16.8 Å². The lowest BCUT2D eigenvalue weighted by atomic mass is 10.1. The number of methoxy groups -OCH3 is 2. The van der Waals surface area contributed by atoms with E-state index in [9.17, 15) is 18.8 Å². The van der Waals surface area contributed by atoms with Crippen molar-refractivity contribution in [3.05, 3.63) is 155 Å². The first-order valence-electron chi connectivity index (χ1n) is 14.9. The van der Waals surface area contributed by atoms with Crippen molar-refractivity contribution < 1.29 is 28.2 Å². The van der Waals surface area contributed by atoms with Gasteiger partial charge in [-0.25, -0.2) is 4.39 Å². The fraction of sp³-hybridized carbons (Fsp3) is 0.0789. The fourth-order valence-corrected chi connectivity index (χ4v) is 5.89. The highest BCUT2D eigenvalue weighted by molar-refractivity contribution is 8.00. The van der Waals surface area contributed by atoms with Gasteiger partial charge < -0.3 is 25.4 Å². The van der Waals surface area contributed by atoms with Crippen LogP contribution in [-0.4, -0.2) is 31.9 Å². The average Bonchev–Trinajstić information content (AvgIpc) is 3.13. The number of benzene rings is 5. The maximum atomic E-state index is 13.7. The molecule has 11 heteroatoms. The van der Waals surface area contributed by atoms with Crippen molar-refractivity contribution in [2.45, 2.75) is 10.1 Å². The molecule has 0 spiro atoms. The van der Waals surface area contributed by atoms with Crippen LogP contribution >= 0.6 is 23.4 Å². The van der Waals surface area contributed by atoms with Crippen LogP contribution in [0.5, 0.6) is 11.5 Å². The Kier molecular flexibility index (Phi) is 11.7. The van der Waals surface area contributed by atoms with Crippen molar-refractivity contribution in [3.8, 4) is 11.5 Å². The van der Waals surface area contributed by atoms with Gasteiger partial charge in [-0.15, -0.1) is 11.8 Å². The van der Waals surface area contributed by atoms with Crippen LogP contribution in [0.4, 0.5) is 15.8 Å². The van der Waals surface area contributed by atoms with Gasteiger partial charge in [-0.1, -0.05) is 66.2 Å². The molecule has 5 rings (SSSR count). The summed E-state index contributed by atoms with van der Waals surface area (Å²) in [6, 6.07) is 33.9. The molecule has 0 aliphatic rings. The molecule has 0 aliphatic heterocycles. The third kappa shape index (κ3) is 9.28. The standard InChI is InChI=1S/C38H31ClFN3O5S/c1-47-33-20-13-24(22-34(33)48-2)21-32(43-36(44)26-11-7-4-8-12-26)37(45)41-27-14-17-29(18-15-27)49-35(25-9-5-3-6-10-25)38(46)42-28-16-19-31(40)30(39)23-28/h3-23,35H,1-2H3,(H,41,45)(H,42,46)(H,43,44)/b32-21-. The zero-order chi connectivity index (χ0) is 34.8. The van der Waals surface area contributed by atoms with E-state index in [2.05, 4.69) is 16.0 Å². The summed E-state index contributed by atoms with van der Waals surface area (Å²) in [6.07, 6.45) is 1.54. The number of amides is 3. The molecule has 0 saturated heterocycles. The number of ether oxygens (including phenoxy) is 2. The van der Waals surface area contributed by atoms with Crippen LogP contribution in [0.1, 0.15) is 26.7 Å². The van der Waals surface area contributed by atoms with E-state index in [1.54, 1.807) is 78.9 Å². The van der Waals surface area contributed by atoms with E-state index in [-0.39, 0.29) is 16.6 Å². The van der Waals surface area contributed by atoms with Gasteiger partial charge >= 0.3 is 0 Å². The summed E-state index contributed by atoms with van der Waals surface area (Å²) in [4.78, 5) is 40.8. The zero-order valence-corrected chi connectivity index (χ0v) is 28.0. The van der Waals surface area contributed by atoms with Gasteiger partial charge in [0.25, 0.3) is 11.8 Å². The predicted molar refractivity (Wildman–Crippen MR) is 192 cm³/mol. The first-order valence-corrected chi connectivity index (χ1v) is 16.2. The lowest BCUT2D eigenvalue weighted by Crippen LogP contribution is -2.30. The molecule has 5 aromatic rings. The summed E-state index contributed by atoms with van der Waals surface area (Å²) in [5, 5.41) is 7.62. The molecular formula is C38H31ClFN3O5S. The molecule has 1 unspecified atom stereocenters. The number of halogens is 2.